The number of nitrogens with zero attached hydrogens (tertiary/aromatic N) is 2. The van der Waals surface area contributed by atoms with Gasteiger partial charge in [-0.2, -0.15) is 0 Å². The predicted octanol–water partition coefficient (Wildman–Crippen LogP) is 3.69. The van der Waals surface area contributed by atoms with Gasteiger partial charge in [0.25, 0.3) is 11.7 Å². The van der Waals surface area contributed by atoms with E-state index in [1.165, 1.54) is 42.3 Å². The fourth-order valence-electron chi connectivity index (χ4n) is 3.42. The molecule has 31 heavy (non-hydrogen) atoms. The Morgan fingerprint density at radius 1 is 1.13 bits per heavy atom. The highest BCUT2D eigenvalue weighted by atomic mass is 35.5. The highest BCUT2D eigenvalue weighted by Gasteiger charge is 2.46. The zero-order valence-electron chi connectivity index (χ0n) is 17.2. The van der Waals surface area contributed by atoms with Gasteiger partial charge in [-0.1, -0.05) is 29.3 Å². The summed E-state index contributed by atoms with van der Waals surface area (Å²) in [6, 6.07) is 8.11. The van der Waals surface area contributed by atoms with Crippen LogP contribution in [0.2, 0.25) is 10.0 Å². The van der Waals surface area contributed by atoms with Gasteiger partial charge in [-0.3, -0.25) is 9.59 Å². The molecule has 0 radical (unpaired) electrons. The van der Waals surface area contributed by atoms with Crippen molar-refractivity contribution in [3.05, 3.63) is 63.1 Å². The topological polar surface area (TPSA) is 90.3 Å². The van der Waals surface area contributed by atoms with Crippen molar-refractivity contribution in [2.45, 2.75) is 6.04 Å². The lowest BCUT2D eigenvalue weighted by Gasteiger charge is -2.26. The van der Waals surface area contributed by atoms with Gasteiger partial charge in [-0.15, -0.1) is 0 Å². The molecule has 0 aromatic heterocycles. The van der Waals surface area contributed by atoms with E-state index in [0.717, 1.165) is 0 Å². The third kappa shape index (κ3) is 4.49. The molecule has 1 amide bonds. The summed E-state index contributed by atoms with van der Waals surface area (Å²) in [4.78, 5) is 29.1. The van der Waals surface area contributed by atoms with Crippen molar-refractivity contribution < 1.29 is 24.5 Å². The van der Waals surface area contributed by atoms with E-state index < -0.39 is 17.7 Å². The summed E-state index contributed by atoms with van der Waals surface area (Å²) in [5.41, 5.74) is 0.694. The van der Waals surface area contributed by atoms with Gasteiger partial charge in [0.05, 0.1) is 28.8 Å². The number of phenols is 1. The molecule has 0 saturated carbocycles. The van der Waals surface area contributed by atoms with Gasteiger partial charge in [-0.25, -0.2) is 0 Å². The number of aliphatic hydroxyl groups excluding tert-OH is 1. The molecule has 1 aliphatic rings. The highest BCUT2D eigenvalue weighted by Crippen LogP contribution is 2.41. The number of amides is 1. The number of ether oxygens (including phenoxy) is 1. The molecule has 1 saturated heterocycles. The summed E-state index contributed by atoms with van der Waals surface area (Å²) in [5, 5.41) is 21.3. The Balaban J connectivity index is 2.19. The third-order valence-electron chi connectivity index (χ3n) is 5.04. The second kappa shape index (κ2) is 9.18. The van der Waals surface area contributed by atoms with E-state index in [1.807, 2.05) is 19.0 Å². The largest absolute Gasteiger partial charge is 0.507 e. The van der Waals surface area contributed by atoms with Crippen LogP contribution >= 0.6 is 23.2 Å². The number of likely N-dealkylation sites (N-methyl/N-ethyl adjacent to an activating group) is 1. The number of hydrogen-bond donors (Lipinski definition) is 2. The zero-order valence-corrected chi connectivity index (χ0v) is 18.7. The molecular weight excluding hydrogens is 443 g/mol. The van der Waals surface area contributed by atoms with Crippen molar-refractivity contribution in [2.75, 3.05) is 34.3 Å². The molecular formula is C22H22Cl2N2O5. The van der Waals surface area contributed by atoms with E-state index in [2.05, 4.69) is 0 Å². The van der Waals surface area contributed by atoms with Gasteiger partial charge >= 0.3 is 0 Å². The number of carbonyl (C=O) groups excluding carboxylic acids is 2. The number of Topliss-reactive ketones (excluding diaryl/α,β-unsaturated/α-hetero) is 1. The van der Waals surface area contributed by atoms with Crippen LogP contribution in [0.4, 0.5) is 0 Å². The van der Waals surface area contributed by atoms with Crippen LogP contribution in [-0.2, 0) is 9.59 Å². The minimum absolute atomic E-state index is 0.0730. The normalized spacial score (nSPS) is 18.1. The van der Waals surface area contributed by atoms with E-state index >= 15 is 0 Å². The lowest BCUT2D eigenvalue weighted by molar-refractivity contribution is -0.140. The molecule has 3 rings (SSSR count). The molecule has 2 N–H and O–H groups in total. The summed E-state index contributed by atoms with van der Waals surface area (Å²) >= 11 is 12.2. The van der Waals surface area contributed by atoms with Gasteiger partial charge in [0.15, 0.2) is 0 Å². The lowest BCUT2D eigenvalue weighted by Crippen LogP contribution is -2.35. The minimum atomic E-state index is -0.875. The summed E-state index contributed by atoms with van der Waals surface area (Å²) < 4.78 is 5.19. The monoisotopic (exact) mass is 464 g/mol. The molecule has 1 atom stereocenters. The quantitative estimate of drug-likeness (QED) is 0.384. The number of halogens is 2. The minimum Gasteiger partial charge on any atom is -0.507 e. The van der Waals surface area contributed by atoms with E-state index in [0.29, 0.717) is 22.9 Å². The molecule has 1 unspecified atom stereocenters. The van der Waals surface area contributed by atoms with Gasteiger partial charge in [-0.05, 0) is 50.0 Å². The zero-order chi connectivity index (χ0) is 22.9. The number of hydrogen-bond acceptors (Lipinski definition) is 6. The second-order valence-electron chi connectivity index (χ2n) is 7.36. The number of benzene rings is 2. The number of carbonyl (C=O) groups is 2. The number of likely N-dealkylation sites (tertiary alicyclic amines) is 1. The molecule has 1 fully saturated rings. The molecule has 9 heteroatoms. The fraction of sp³-hybridized carbons (Fsp3) is 0.273. The average Bonchev–Trinajstić information content (AvgIpc) is 2.98. The van der Waals surface area contributed by atoms with Crippen molar-refractivity contribution in [1.29, 1.82) is 0 Å². The molecule has 0 aliphatic carbocycles. The summed E-state index contributed by atoms with van der Waals surface area (Å²) in [6.45, 7) is 0.756. The molecule has 164 valence electrons. The number of methoxy groups -OCH3 is 1. The van der Waals surface area contributed by atoms with E-state index in [1.54, 1.807) is 6.07 Å². The maximum Gasteiger partial charge on any atom is 0.295 e. The molecule has 0 bridgehead atoms. The maximum absolute atomic E-state index is 13.0. The predicted molar refractivity (Wildman–Crippen MR) is 119 cm³/mol. The van der Waals surface area contributed by atoms with Crippen LogP contribution < -0.4 is 4.74 Å². The second-order valence-corrected chi connectivity index (χ2v) is 8.17. The van der Waals surface area contributed by atoms with Crippen LogP contribution in [0.25, 0.3) is 5.76 Å². The number of phenolic OH excluding ortho intramolecular Hbond substituents is 1. The van der Waals surface area contributed by atoms with E-state index in [-0.39, 0.29) is 34.2 Å². The first-order valence-electron chi connectivity index (χ1n) is 9.41. The first-order chi connectivity index (χ1) is 14.6. The van der Waals surface area contributed by atoms with Crippen molar-refractivity contribution >= 4 is 40.7 Å². The Morgan fingerprint density at radius 3 is 2.45 bits per heavy atom. The summed E-state index contributed by atoms with van der Waals surface area (Å²) in [6.07, 6.45) is 0. The van der Waals surface area contributed by atoms with Crippen LogP contribution in [0.15, 0.2) is 42.0 Å². The molecule has 2 aromatic carbocycles. The summed E-state index contributed by atoms with van der Waals surface area (Å²) in [7, 11) is 5.13. The average molecular weight is 465 g/mol. The maximum atomic E-state index is 13.0. The van der Waals surface area contributed by atoms with Crippen molar-refractivity contribution in [3.8, 4) is 11.5 Å². The third-order valence-corrected chi connectivity index (χ3v) is 5.66. The van der Waals surface area contributed by atoms with E-state index in [9.17, 15) is 19.8 Å². The number of aromatic hydroxyl groups is 1. The standard InChI is InChI=1S/C22H22Cl2N2O5/c1-25(2)8-9-26-19(12-5-7-16(27)15(24)10-12)18(21(29)22(26)30)20(28)13-4-6-14(23)17(11-13)31-3/h4-7,10-11,19,27-28H,8-9H2,1-3H3/b20-18-. The van der Waals surface area contributed by atoms with Gasteiger partial charge < -0.3 is 24.7 Å². The van der Waals surface area contributed by atoms with Crippen LogP contribution in [0.1, 0.15) is 17.2 Å². The highest BCUT2D eigenvalue weighted by molar-refractivity contribution is 6.46. The van der Waals surface area contributed by atoms with Crippen molar-refractivity contribution in [1.82, 2.24) is 9.80 Å². The number of aliphatic hydroxyl groups is 1. The van der Waals surface area contributed by atoms with Gasteiger partial charge in [0, 0.05) is 18.7 Å². The number of ketones is 1. The SMILES string of the molecule is COc1cc(/C(O)=C2/C(=O)C(=O)N(CCN(C)C)C2c2ccc(O)c(Cl)c2)ccc1Cl. The number of rotatable bonds is 6. The Labute approximate surface area is 190 Å². The Kier molecular flexibility index (Phi) is 6.79. The van der Waals surface area contributed by atoms with Crippen LogP contribution in [0, 0.1) is 0 Å². The van der Waals surface area contributed by atoms with Gasteiger partial charge in [0.1, 0.15) is 17.3 Å². The van der Waals surface area contributed by atoms with Crippen LogP contribution in [0.3, 0.4) is 0 Å². The Hall–Kier alpha value is -2.74. The summed E-state index contributed by atoms with van der Waals surface area (Å²) in [5.74, 6) is -1.69. The first kappa shape index (κ1) is 22.9. The molecule has 7 nitrogen and oxygen atoms in total. The Morgan fingerprint density at radius 2 is 1.84 bits per heavy atom. The van der Waals surface area contributed by atoms with Gasteiger partial charge in [0.2, 0.25) is 0 Å². The van der Waals surface area contributed by atoms with Crippen LogP contribution in [-0.4, -0.2) is 66.0 Å². The molecule has 1 aliphatic heterocycles. The molecule has 1 heterocycles. The van der Waals surface area contributed by atoms with Crippen molar-refractivity contribution in [3.63, 3.8) is 0 Å². The molecule has 0 spiro atoms. The van der Waals surface area contributed by atoms with Crippen molar-refractivity contribution in [2.24, 2.45) is 0 Å². The fourth-order valence-corrected chi connectivity index (χ4v) is 3.80. The smallest absolute Gasteiger partial charge is 0.295 e. The van der Waals surface area contributed by atoms with E-state index in [4.69, 9.17) is 27.9 Å². The Bertz CT molecular complexity index is 1070. The molecule has 2 aromatic rings. The first-order valence-corrected chi connectivity index (χ1v) is 10.2. The van der Waals surface area contributed by atoms with Crippen LogP contribution in [0.5, 0.6) is 11.5 Å². The lowest BCUT2D eigenvalue weighted by atomic mass is 9.95.